The molecule has 0 spiro atoms. The van der Waals surface area contributed by atoms with Crippen molar-refractivity contribution in [3.8, 4) is 0 Å². The molecule has 1 aromatic rings. The molecular formula is C5H5BF3KN2. The van der Waals surface area contributed by atoms with Crippen molar-refractivity contribution < 1.29 is 64.3 Å². The minimum Gasteiger partial charge on any atom is -0.444 e. The van der Waals surface area contributed by atoms with Crippen LogP contribution in [0.25, 0.3) is 0 Å². The number of halogens is 3. The molecule has 0 radical (unpaired) electrons. The first-order valence-corrected chi connectivity index (χ1v) is 2.98. The predicted molar refractivity (Wildman–Crippen MR) is 35.5 cm³/mol. The maximum Gasteiger partial charge on any atom is 1.00 e. The standard InChI is InChI=1S/C5H5BF3N2.K/c1-4-2-10-3-5(11-4)6(7,8)9;/h2-3H,1H3;/q-1;+1. The molecule has 60 valence electrons. The van der Waals surface area contributed by atoms with Gasteiger partial charge in [0.2, 0.25) is 0 Å². The summed E-state index contributed by atoms with van der Waals surface area (Å²) in [5.41, 5.74) is -0.605. The molecule has 7 heteroatoms. The van der Waals surface area contributed by atoms with E-state index in [9.17, 15) is 12.9 Å². The van der Waals surface area contributed by atoms with Crippen molar-refractivity contribution in [2.24, 2.45) is 0 Å². The molecule has 0 unspecified atom stereocenters. The van der Waals surface area contributed by atoms with Crippen molar-refractivity contribution >= 4 is 12.6 Å². The van der Waals surface area contributed by atoms with Crippen LogP contribution in [-0.4, -0.2) is 16.9 Å². The van der Waals surface area contributed by atoms with Crippen molar-refractivity contribution in [3.63, 3.8) is 0 Å². The third-order valence-corrected chi connectivity index (χ3v) is 1.11. The Hall–Kier alpha value is 0.571. The maximum absolute atomic E-state index is 11.9. The number of aryl methyl sites for hydroxylation is 1. The predicted octanol–water partition coefficient (Wildman–Crippen LogP) is -2.16. The largest absolute Gasteiger partial charge is 1.00 e. The third-order valence-electron chi connectivity index (χ3n) is 1.11. The van der Waals surface area contributed by atoms with Crippen molar-refractivity contribution in [3.05, 3.63) is 18.1 Å². The number of hydrogen-bond donors (Lipinski definition) is 0. The Balaban J connectivity index is 0.00000121. The first-order valence-electron chi connectivity index (χ1n) is 2.98. The van der Waals surface area contributed by atoms with E-state index < -0.39 is 12.6 Å². The van der Waals surface area contributed by atoms with Gasteiger partial charge < -0.3 is 12.9 Å². The van der Waals surface area contributed by atoms with Gasteiger partial charge in [0.1, 0.15) is 0 Å². The average molecular weight is 200 g/mol. The topological polar surface area (TPSA) is 25.8 Å². The molecule has 0 saturated heterocycles. The number of hydrogen-bond acceptors (Lipinski definition) is 2. The Bertz CT molecular complexity index is 265. The van der Waals surface area contributed by atoms with Crippen LogP contribution in [0.3, 0.4) is 0 Å². The molecule has 0 aromatic carbocycles. The van der Waals surface area contributed by atoms with E-state index >= 15 is 0 Å². The second-order valence-corrected chi connectivity index (χ2v) is 2.16. The van der Waals surface area contributed by atoms with Crippen molar-refractivity contribution in [2.75, 3.05) is 0 Å². The molecular weight excluding hydrogens is 195 g/mol. The second kappa shape index (κ2) is 4.71. The molecule has 12 heavy (non-hydrogen) atoms. The summed E-state index contributed by atoms with van der Waals surface area (Å²) >= 11 is 0. The van der Waals surface area contributed by atoms with Crippen LogP contribution < -0.4 is 57.0 Å². The van der Waals surface area contributed by atoms with E-state index in [0.717, 1.165) is 6.20 Å². The summed E-state index contributed by atoms with van der Waals surface area (Å²) in [6, 6.07) is 0. The summed E-state index contributed by atoms with van der Waals surface area (Å²) in [5, 5.41) is 0. The molecule has 0 atom stereocenters. The molecule has 0 aliphatic heterocycles. The molecule has 0 N–H and O–H groups in total. The summed E-state index contributed by atoms with van der Waals surface area (Å²) in [4.78, 5) is 6.67. The molecule has 1 aromatic heterocycles. The zero-order chi connectivity index (χ0) is 8.48. The Labute approximate surface area is 110 Å². The van der Waals surface area contributed by atoms with Crippen LogP contribution in [0.2, 0.25) is 0 Å². The van der Waals surface area contributed by atoms with Gasteiger partial charge in [-0.2, -0.15) is 0 Å². The minimum absolute atomic E-state index is 0. The molecule has 2 nitrogen and oxygen atoms in total. The van der Waals surface area contributed by atoms with Gasteiger partial charge in [-0.05, 0) is 6.92 Å². The monoisotopic (exact) mass is 200 g/mol. The average Bonchev–Trinajstić information content (AvgIpc) is 1.86. The molecule has 0 bridgehead atoms. The Morgan fingerprint density at radius 2 is 1.83 bits per heavy atom. The van der Waals surface area contributed by atoms with Gasteiger partial charge in [0, 0.05) is 18.0 Å². The van der Waals surface area contributed by atoms with Crippen LogP contribution >= 0.6 is 0 Å². The molecule has 0 saturated carbocycles. The quantitative estimate of drug-likeness (QED) is 0.483. The maximum atomic E-state index is 11.9. The van der Waals surface area contributed by atoms with Crippen molar-refractivity contribution in [1.82, 2.24) is 9.97 Å². The SMILES string of the molecule is Cc1cncc([B-](F)(F)F)n1.[K+]. The Morgan fingerprint density at radius 3 is 2.17 bits per heavy atom. The van der Waals surface area contributed by atoms with Crippen LogP contribution in [-0.2, 0) is 0 Å². The molecule has 1 rings (SSSR count). The van der Waals surface area contributed by atoms with E-state index in [-0.39, 0.29) is 57.1 Å². The van der Waals surface area contributed by atoms with Crippen LogP contribution in [0.5, 0.6) is 0 Å². The number of aromatic nitrogens is 2. The zero-order valence-corrected chi connectivity index (χ0v) is 9.88. The third kappa shape index (κ3) is 3.53. The fourth-order valence-electron chi connectivity index (χ4n) is 0.641. The van der Waals surface area contributed by atoms with E-state index in [1.165, 1.54) is 13.1 Å². The van der Waals surface area contributed by atoms with Gasteiger partial charge in [-0.25, -0.2) is 0 Å². The molecule has 0 amide bonds. The van der Waals surface area contributed by atoms with Gasteiger partial charge in [0.15, 0.2) is 0 Å². The van der Waals surface area contributed by atoms with Crippen LogP contribution in [0.4, 0.5) is 12.9 Å². The first-order chi connectivity index (χ1) is 5.00. The van der Waals surface area contributed by atoms with Crippen molar-refractivity contribution in [2.45, 2.75) is 6.92 Å². The minimum atomic E-state index is -5.00. The van der Waals surface area contributed by atoms with E-state index in [1.54, 1.807) is 0 Å². The number of nitrogens with zero attached hydrogens (tertiary/aromatic N) is 2. The molecule has 0 aliphatic carbocycles. The summed E-state index contributed by atoms with van der Waals surface area (Å²) in [5.74, 6) is 0. The van der Waals surface area contributed by atoms with E-state index in [4.69, 9.17) is 0 Å². The fourth-order valence-corrected chi connectivity index (χ4v) is 0.641. The van der Waals surface area contributed by atoms with E-state index in [0.29, 0.717) is 0 Å². The van der Waals surface area contributed by atoms with Crippen LogP contribution in [0, 0.1) is 6.92 Å². The van der Waals surface area contributed by atoms with Crippen LogP contribution in [0.15, 0.2) is 12.4 Å². The summed E-state index contributed by atoms with van der Waals surface area (Å²) in [7, 11) is 0. The smallest absolute Gasteiger partial charge is 0.444 e. The fraction of sp³-hybridized carbons (Fsp3) is 0.200. The van der Waals surface area contributed by atoms with E-state index in [2.05, 4.69) is 9.97 Å². The summed E-state index contributed by atoms with van der Waals surface area (Å²) < 4.78 is 35.8. The summed E-state index contributed by atoms with van der Waals surface area (Å²) in [6.07, 6.45) is 2.01. The summed E-state index contributed by atoms with van der Waals surface area (Å²) in [6.45, 7) is -3.53. The second-order valence-electron chi connectivity index (χ2n) is 2.16. The van der Waals surface area contributed by atoms with Gasteiger partial charge in [0.25, 0.3) is 0 Å². The zero-order valence-electron chi connectivity index (χ0n) is 6.76. The van der Waals surface area contributed by atoms with Gasteiger partial charge in [-0.1, -0.05) is 0 Å². The molecule has 0 fully saturated rings. The van der Waals surface area contributed by atoms with Gasteiger partial charge in [0.05, 0.1) is 5.69 Å². The molecule has 0 aliphatic rings. The Kier molecular flexibility index (Phi) is 4.93. The van der Waals surface area contributed by atoms with Gasteiger partial charge >= 0.3 is 58.4 Å². The van der Waals surface area contributed by atoms with Gasteiger partial charge in [-0.3, -0.25) is 9.97 Å². The normalized spacial score (nSPS) is 10.7. The number of rotatable bonds is 1. The van der Waals surface area contributed by atoms with Crippen LogP contribution in [0.1, 0.15) is 5.69 Å². The van der Waals surface area contributed by atoms with Gasteiger partial charge in [-0.15, -0.1) is 0 Å². The van der Waals surface area contributed by atoms with E-state index in [1.807, 2.05) is 0 Å². The Morgan fingerprint density at radius 1 is 1.25 bits per heavy atom. The van der Waals surface area contributed by atoms with Crippen molar-refractivity contribution in [1.29, 1.82) is 0 Å². The molecule has 1 heterocycles. The first kappa shape index (κ1) is 12.6.